The summed E-state index contributed by atoms with van der Waals surface area (Å²) in [6.45, 7) is -0.287. The van der Waals surface area contributed by atoms with Gasteiger partial charge in [0, 0.05) is 30.1 Å². The summed E-state index contributed by atoms with van der Waals surface area (Å²) in [5.41, 5.74) is 14.5. The molecule has 0 fully saturated rings. The fraction of sp³-hybridized carbons (Fsp3) is 0.333. The molecule has 0 saturated carbocycles. The van der Waals surface area contributed by atoms with Crippen LogP contribution in [0.4, 0.5) is 0 Å². The van der Waals surface area contributed by atoms with E-state index in [1.807, 2.05) is 91.0 Å². The highest BCUT2D eigenvalue weighted by Gasteiger charge is 2.32. The summed E-state index contributed by atoms with van der Waals surface area (Å²) in [6, 6.07) is 32.2. The van der Waals surface area contributed by atoms with Crippen molar-refractivity contribution >= 4 is 34.5 Å². The quantitative estimate of drug-likeness (QED) is 0.0314. The second kappa shape index (κ2) is 20.0. The number of aryl methyl sites for hydroxylation is 1. The average Bonchev–Trinajstić information content (AvgIpc) is 3.15. The number of benzene rings is 4. The van der Waals surface area contributed by atoms with Gasteiger partial charge in [-0.15, -0.1) is 5.10 Å². The molecule has 4 rings (SSSR count). The number of nitrogens with one attached hydrogen (secondary N) is 2. The van der Waals surface area contributed by atoms with Crippen molar-refractivity contribution in [2.45, 2.75) is 63.8 Å². The van der Waals surface area contributed by atoms with Crippen LogP contribution in [0.5, 0.6) is 0 Å². The van der Waals surface area contributed by atoms with Gasteiger partial charge in [-0.05, 0) is 59.6 Å². The number of hydrogen-bond acceptors (Lipinski definition) is 7. The van der Waals surface area contributed by atoms with E-state index < -0.39 is 28.8 Å². The zero-order valence-corrected chi connectivity index (χ0v) is 28.9. The Kier molecular flexibility index (Phi) is 14.9. The summed E-state index contributed by atoms with van der Waals surface area (Å²) in [6.07, 6.45) is 4.14. The van der Waals surface area contributed by atoms with Crippen LogP contribution in [0, 0.1) is 16.0 Å². The highest BCUT2D eigenvalue weighted by atomic mass is 16.6. The van der Waals surface area contributed by atoms with Gasteiger partial charge < -0.3 is 10.5 Å². The van der Waals surface area contributed by atoms with Crippen LogP contribution in [0.2, 0.25) is 0 Å². The third-order valence-corrected chi connectivity index (χ3v) is 8.61. The molecule has 268 valence electrons. The van der Waals surface area contributed by atoms with E-state index >= 15 is 0 Å². The second-order valence-corrected chi connectivity index (χ2v) is 12.4. The van der Waals surface area contributed by atoms with E-state index in [4.69, 9.17) is 10.5 Å². The Balaban J connectivity index is 1.49. The van der Waals surface area contributed by atoms with Crippen molar-refractivity contribution in [1.82, 2.24) is 15.9 Å². The smallest absolute Gasteiger partial charge is 0.331 e. The molecule has 4 N–H and O–H groups in total. The lowest BCUT2D eigenvalue weighted by atomic mass is 9.92. The van der Waals surface area contributed by atoms with E-state index in [0.717, 1.165) is 46.2 Å². The van der Waals surface area contributed by atoms with Gasteiger partial charge >= 0.3 is 5.97 Å². The maximum Gasteiger partial charge on any atom is 0.331 e. The van der Waals surface area contributed by atoms with Crippen molar-refractivity contribution in [2.24, 2.45) is 16.8 Å². The van der Waals surface area contributed by atoms with Gasteiger partial charge in [-0.25, -0.2) is 15.2 Å². The van der Waals surface area contributed by atoms with Gasteiger partial charge in [-0.1, -0.05) is 110 Å². The first-order chi connectivity index (χ1) is 24.7. The molecule has 12 heteroatoms. The minimum absolute atomic E-state index is 0.0763. The summed E-state index contributed by atoms with van der Waals surface area (Å²) in [7, 11) is 1.22. The van der Waals surface area contributed by atoms with Crippen LogP contribution in [0.1, 0.15) is 55.2 Å². The molecule has 0 saturated heterocycles. The Morgan fingerprint density at radius 1 is 0.824 bits per heavy atom. The molecule has 51 heavy (non-hydrogen) atoms. The van der Waals surface area contributed by atoms with Crippen LogP contribution < -0.4 is 16.6 Å². The lowest BCUT2D eigenvalue weighted by Crippen LogP contribution is -2.58. The monoisotopic (exact) mass is 694 g/mol. The second-order valence-electron chi connectivity index (χ2n) is 12.4. The molecule has 0 heterocycles. The summed E-state index contributed by atoms with van der Waals surface area (Å²) >= 11 is 0. The third kappa shape index (κ3) is 12.6. The number of carbonyl (C=O) groups is 3. The van der Waals surface area contributed by atoms with Crippen LogP contribution in [0.25, 0.3) is 10.8 Å². The molecule has 0 radical (unpaired) electrons. The number of nitro groups is 1. The molecule has 4 aromatic rings. The molecule has 4 aromatic carbocycles. The molecule has 0 aromatic heterocycles. The van der Waals surface area contributed by atoms with Gasteiger partial charge in [0.25, 0.3) is 0 Å². The van der Waals surface area contributed by atoms with Gasteiger partial charge in [0.2, 0.25) is 24.3 Å². The van der Waals surface area contributed by atoms with E-state index in [1.54, 1.807) is 0 Å². The zero-order chi connectivity index (χ0) is 36.4. The Bertz CT molecular complexity index is 1770. The molecule has 0 aliphatic rings. The molecule has 2 atom stereocenters. The van der Waals surface area contributed by atoms with Crippen LogP contribution in [0.15, 0.2) is 108 Å². The van der Waals surface area contributed by atoms with Crippen LogP contribution in [-0.2, 0) is 38.4 Å². The zero-order valence-electron chi connectivity index (χ0n) is 28.9. The SMILES string of the molecule is COC(=O)[C@@H](Cc1ccc2ccccc2c1)N(NC(N)=NNC(=O)[C@@H](CCCCc1ccccc1)Cc1ccccc1)C(=O)CCCC[N+](=O)[O-]. The minimum Gasteiger partial charge on any atom is -0.467 e. The predicted molar refractivity (Wildman–Crippen MR) is 197 cm³/mol. The number of methoxy groups -OCH3 is 1. The predicted octanol–water partition coefficient (Wildman–Crippen LogP) is 5.32. The number of esters is 1. The topological polar surface area (TPSA) is 169 Å². The van der Waals surface area contributed by atoms with E-state index in [1.165, 1.54) is 12.7 Å². The molecule has 0 spiro atoms. The van der Waals surface area contributed by atoms with Gasteiger partial charge in [0.05, 0.1) is 7.11 Å². The lowest BCUT2D eigenvalue weighted by molar-refractivity contribution is -0.480. The summed E-state index contributed by atoms with van der Waals surface area (Å²) in [5, 5.41) is 17.9. The highest BCUT2D eigenvalue weighted by Crippen LogP contribution is 2.20. The third-order valence-electron chi connectivity index (χ3n) is 8.61. The Morgan fingerprint density at radius 2 is 1.49 bits per heavy atom. The molecule has 0 bridgehead atoms. The van der Waals surface area contributed by atoms with Gasteiger partial charge in [-0.2, -0.15) is 0 Å². The molecule has 2 amide bonds. The van der Waals surface area contributed by atoms with E-state index in [9.17, 15) is 24.5 Å². The molecule has 0 aliphatic heterocycles. The fourth-order valence-electron chi connectivity index (χ4n) is 5.90. The van der Waals surface area contributed by atoms with Gasteiger partial charge in [0.15, 0.2) is 6.04 Å². The lowest BCUT2D eigenvalue weighted by Gasteiger charge is -2.30. The van der Waals surface area contributed by atoms with Crippen molar-refractivity contribution in [2.75, 3.05) is 13.7 Å². The maximum atomic E-state index is 13.6. The first-order valence-electron chi connectivity index (χ1n) is 17.2. The van der Waals surface area contributed by atoms with Gasteiger partial charge in [0.1, 0.15) is 0 Å². The molecular formula is C39H46N6O6. The number of nitrogens with two attached hydrogens (primary N) is 1. The van der Waals surface area contributed by atoms with E-state index in [2.05, 4.69) is 28.1 Å². The number of ether oxygens (including phenoxy) is 1. The Labute approximate surface area is 298 Å². The van der Waals surface area contributed by atoms with Crippen LogP contribution >= 0.6 is 0 Å². The standard InChI is InChI=1S/C39H46N6O6/c1-51-38(48)35(28-31-23-24-32-19-10-11-20-33(32)27-31)45(36(46)22-12-13-25-44(49)50)43-39(40)42-41-37(47)34(26-30-17-6-3-7-18-30)21-9-8-16-29-14-4-2-5-15-29/h2-7,10-11,14-15,17-20,23-24,27,34-35H,8-9,12-13,16,21-22,25-26,28H2,1H3,(H,41,47)(H3,40,42,43)/t34-,35+/m0/s1. The number of hydrazine groups is 1. The minimum atomic E-state index is -1.17. The highest BCUT2D eigenvalue weighted by molar-refractivity contribution is 5.89. The number of hydrazone groups is 1. The number of fused-ring (bicyclic) bond motifs is 1. The molecule has 0 aliphatic carbocycles. The first kappa shape index (κ1) is 38.0. The van der Waals surface area contributed by atoms with E-state index in [0.29, 0.717) is 12.8 Å². The van der Waals surface area contributed by atoms with Crippen molar-refractivity contribution < 1.29 is 24.0 Å². The first-order valence-corrected chi connectivity index (χ1v) is 17.2. The molecule has 12 nitrogen and oxygen atoms in total. The Hall–Kier alpha value is -5.78. The fourth-order valence-corrected chi connectivity index (χ4v) is 5.90. The maximum absolute atomic E-state index is 13.6. The normalized spacial score (nSPS) is 12.5. The van der Waals surface area contributed by atoms with Crippen molar-refractivity contribution in [1.29, 1.82) is 0 Å². The summed E-state index contributed by atoms with van der Waals surface area (Å²) < 4.78 is 5.09. The molecular weight excluding hydrogens is 648 g/mol. The van der Waals surface area contributed by atoms with Crippen LogP contribution in [-0.4, -0.2) is 53.4 Å². The number of rotatable bonds is 18. The number of unbranched alkanes of at least 4 members (excludes halogenated alkanes) is 2. The summed E-state index contributed by atoms with van der Waals surface area (Å²) in [5.74, 6) is -2.29. The van der Waals surface area contributed by atoms with Crippen molar-refractivity contribution in [3.63, 3.8) is 0 Å². The number of hydrogen-bond donors (Lipinski definition) is 3. The van der Waals surface area contributed by atoms with Crippen molar-refractivity contribution in [3.8, 4) is 0 Å². The number of amides is 2. The van der Waals surface area contributed by atoms with E-state index in [-0.39, 0.29) is 44.1 Å². The van der Waals surface area contributed by atoms with Crippen molar-refractivity contribution in [3.05, 3.63) is 130 Å². The summed E-state index contributed by atoms with van der Waals surface area (Å²) in [4.78, 5) is 50.6. The van der Waals surface area contributed by atoms with Crippen LogP contribution in [0.3, 0.4) is 0 Å². The number of guanidine groups is 1. The molecule has 0 unspecified atom stereocenters. The largest absolute Gasteiger partial charge is 0.467 e. The van der Waals surface area contributed by atoms with Gasteiger partial charge in [-0.3, -0.25) is 25.1 Å². The Morgan fingerprint density at radius 3 is 2.18 bits per heavy atom. The number of carbonyl (C=O) groups excluding carboxylic acids is 3. The average molecular weight is 695 g/mol. The number of nitrogens with zero attached hydrogens (tertiary/aromatic N) is 3.